The van der Waals surface area contributed by atoms with E-state index < -0.39 is 8.32 Å². The van der Waals surface area contributed by atoms with Gasteiger partial charge in [0, 0.05) is 5.88 Å². The maximum absolute atomic E-state index is 6.03. The van der Waals surface area contributed by atoms with E-state index >= 15 is 0 Å². The van der Waals surface area contributed by atoms with Crippen LogP contribution in [0.4, 0.5) is 0 Å². The standard InChI is InChI=1S/C16H35ClO5Si/c1-16(2,3)23(4,5)22-15-14-21-13-12-20-11-10-19-9-8-18-7-6-17/h6-15H2,1-5H3. The summed E-state index contributed by atoms with van der Waals surface area (Å²) in [5.74, 6) is 0.518. The number of halogens is 1. The lowest BCUT2D eigenvalue weighted by atomic mass is 10.2. The minimum absolute atomic E-state index is 0.241. The lowest BCUT2D eigenvalue weighted by molar-refractivity contribution is -0.00373. The highest BCUT2D eigenvalue weighted by molar-refractivity contribution is 6.74. The van der Waals surface area contributed by atoms with Gasteiger partial charge in [-0.25, -0.2) is 0 Å². The summed E-state index contributed by atoms with van der Waals surface area (Å²) in [5, 5.41) is 0.241. The van der Waals surface area contributed by atoms with Crippen molar-refractivity contribution in [3.05, 3.63) is 0 Å². The van der Waals surface area contributed by atoms with E-state index in [-0.39, 0.29) is 5.04 Å². The summed E-state index contributed by atoms with van der Waals surface area (Å²) in [7, 11) is -1.65. The average Bonchev–Trinajstić information content (AvgIpc) is 2.46. The Morgan fingerprint density at radius 1 is 0.652 bits per heavy atom. The summed E-state index contributed by atoms with van der Waals surface area (Å²) in [4.78, 5) is 0. The first-order valence-corrected chi connectivity index (χ1v) is 11.8. The molecule has 140 valence electrons. The fourth-order valence-corrected chi connectivity index (χ4v) is 2.52. The normalized spacial score (nSPS) is 12.8. The minimum atomic E-state index is -1.65. The van der Waals surface area contributed by atoms with Crippen molar-refractivity contribution in [1.29, 1.82) is 0 Å². The zero-order valence-corrected chi connectivity index (χ0v) is 17.2. The van der Waals surface area contributed by atoms with Crippen LogP contribution >= 0.6 is 11.6 Å². The lowest BCUT2D eigenvalue weighted by Gasteiger charge is -2.36. The van der Waals surface area contributed by atoms with E-state index in [1.165, 1.54) is 0 Å². The van der Waals surface area contributed by atoms with Crippen molar-refractivity contribution in [3.8, 4) is 0 Å². The molecule has 0 rings (SSSR count). The van der Waals surface area contributed by atoms with Crippen LogP contribution in [0.25, 0.3) is 0 Å². The van der Waals surface area contributed by atoms with Gasteiger partial charge in [0.25, 0.3) is 0 Å². The third kappa shape index (κ3) is 13.3. The zero-order chi connectivity index (χ0) is 17.6. The largest absolute Gasteiger partial charge is 0.414 e. The van der Waals surface area contributed by atoms with E-state index in [9.17, 15) is 0 Å². The molecule has 0 aliphatic heterocycles. The molecule has 0 aromatic heterocycles. The highest BCUT2D eigenvalue weighted by Crippen LogP contribution is 2.36. The van der Waals surface area contributed by atoms with Crippen LogP contribution in [0.15, 0.2) is 0 Å². The van der Waals surface area contributed by atoms with Crippen molar-refractivity contribution in [2.45, 2.75) is 38.9 Å². The summed E-state index contributed by atoms with van der Waals surface area (Å²) < 4.78 is 27.5. The summed E-state index contributed by atoms with van der Waals surface area (Å²) >= 11 is 5.48. The summed E-state index contributed by atoms with van der Waals surface area (Å²) in [6.45, 7) is 16.5. The van der Waals surface area contributed by atoms with Gasteiger partial charge in [-0.3, -0.25) is 0 Å². The van der Waals surface area contributed by atoms with Crippen LogP contribution < -0.4 is 0 Å². The Labute approximate surface area is 148 Å². The van der Waals surface area contributed by atoms with Gasteiger partial charge in [0.15, 0.2) is 8.32 Å². The molecule has 23 heavy (non-hydrogen) atoms. The monoisotopic (exact) mass is 370 g/mol. The predicted octanol–water partition coefficient (Wildman–Crippen LogP) is 3.31. The van der Waals surface area contributed by atoms with Gasteiger partial charge in [-0.1, -0.05) is 20.8 Å². The predicted molar refractivity (Wildman–Crippen MR) is 97.1 cm³/mol. The van der Waals surface area contributed by atoms with Crippen LogP contribution in [-0.4, -0.2) is 73.7 Å². The second-order valence-corrected chi connectivity index (χ2v) is 11.9. The fourth-order valence-electron chi connectivity index (χ4n) is 1.39. The zero-order valence-electron chi connectivity index (χ0n) is 15.5. The highest BCUT2D eigenvalue weighted by Gasteiger charge is 2.36. The fraction of sp³-hybridized carbons (Fsp3) is 1.00. The Morgan fingerprint density at radius 2 is 1.00 bits per heavy atom. The summed E-state index contributed by atoms with van der Waals surface area (Å²) in [5.41, 5.74) is 0. The van der Waals surface area contributed by atoms with Crippen LogP contribution in [-0.2, 0) is 23.4 Å². The molecule has 0 aliphatic rings. The maximum atomic E-state index is 6.03. The van der Waals surface area contributed by atoms with Crippen molar-refractivity contribution in [2.24, 2.45) is 0 Å². The first-order valence-electron chi connectivity index (χ1n) is 8.32. The molecule has 0 N–H and O–H groups in total. The molecule has 0 aromatic carbocycles. The van der Waals surface area contributed by atoms with E-state index in [1.807, 2.05) is 0 Å². The number of hydrogen-bond donors (Lipinski definition) is 0. The molecule has 0 heterocycles. The molecule has 0 radical (unpaired) electrons. The van der Waals surface area contributed by atoms with Gasteiger partial charge in [0.1, 0.15) is 0 Å². The molecule has 5 nitrogen and oxygen atoms in total. The average molecular weight is 371 g/mol. The van der Waals surface area contributed by atoms with Gasteiger partial charge >= 0.3 is 0 Å². The van der Waals surface area contributed by atoms with E-state index in [2.05, 4.69) is 33.9 Å². The second-order valence-electron chi connectivity index (χ2n) is 6.75. The molecular formula is C16H35ClO5Si. The molecule has 0 unspecified atom stereocenters. The molecule has 0 saturated heterocycles. The van der Waals surface area contributed by atoms with E-state index in [0.717, 1.165) is 0 Å². The van der Waals surface area contributed by atoms with Crippen molar-refractivity contribution in [3.63, 3.8) is 0 Å². The number of hydrogen-bond acceptors (Lipinski definition) is 5. The quantitative estimate of drug-likeness (QED) is 0.251. The summed E-state index contributed by atoms with van der Waals surface area (Å²) in [6, 6.07) is 0. The van der Waals surface area contributed by atoms with E-state index in [1.54, 1.807) is 0 Å². The molecule has 0 bridgehead atoms. The van der Waals surface area contributed by atoms with Crippen LogP contribution in [0, 0.1) is 0 Å². The van der Waals surface area contributed by atoms with E-state index in [0.29, 0.717) is 65.3 Å². The van der Waals surface area contributed by atoms with Gasteiger partial charge < -0.3 is 23.4 Å². The summed E-state index contributed by atoms with van der Waals surface area (Å²) in [6.07, 6.45) is 0. The number of alkyl halides is 1. The molecule has 0 aliphatic carbocycles. The molecule has 7 heteroatoms. The minimum Gasteiger partial charge on any atom is -0.414 e. The Kier molecular flexibility index (Phi) is 13.8. The third-order valence-electron chi connectivity index (χ3n) is 3.83. The number of rotatable bonds is 15. The Hall–Kier alpha value is 0.307. The van der Waals surface area contributed by atoms with Crippen molar-refractivity contribution < 1.29 is 23.4 Å². The van der Waals surface area contributed by atoms with Gasteiger partial charge in [0.05, 0.1) is 59.5 Å². The Balaban J connectivity index is 3.25. The van der Waals surface area contributed by atoms with Crippen LogP contribution in [0.1, 0.15) is 20.8 Å². The van der Waals surface area contributed by atoms with Crippen molar-refractivity contribution >= 4 is 19.9 Å². The first kappa shape index (κ1) is 23.3. The van der Waals surface area contributed by atoms with Crippen LogP contribution in [0.5, 0.6) is 0 Å². The topological polar surface area (TPSA) is 46.2 Å². The highest BCUT2D eigenvalue weighted by atomic mass is 35.5. The first-order chi connectivity index (χ1) is 10.8. The maximum Gasteiger partial charge on any atom is 0.192 e. The molecule has 0 spiro atoms. The smallest absolute Gasteiger partial charge is 0.192 e. The van der Waals surface area contributed by atoms with Crippen molar-refractivity contribution in [1.82, 2.24) is 0 Å². The van der Waals surface area contributed by atoms with Crippen LogP contribution in [0.3, 0.4) is 0 Å². The van der Waals surface area contributed by atoms with Gasteiger partial charge in [-0.2, -0.15) is 0 Å². The molecule has 0 saturated carbocycles. The van der Waals surface area contributed by atoms with E-state index in [4.69, 9.17) is 35.0 Å². The van der Waals surface area contributed by atoms with Crippen molar-refractivity contribution in [2.75, 3.05) is 65.3 Å². The Morgan fingerprint density at radius 3 is 1.35 bits per heavy atom. The molecule has 0 amide bonds. The lowest BCUT2D eigenvalue weighted by Crippen LogP contribution is -2.41. The third-order valence-corrected chi connectivity index (χ3v) is 8.53. The van der Waals surface area contributed by atoms with Gasteiger partial charge in [0.2, 0.25) is 0 Å². The number of ether oxygens (including phenoxy) is 4. The molecular weight excluding hydrogens is 336 g/mol. The second kappa shape index (κ2) is 13.6. The van der Waals surface area contributed by atoms with Gasteiger partial charge in [-0.05, 0) is 18.1 Å². The van der Waals surface area contributed by atoms with Gasteiger partial charge in [-0.15, -0.1) is 11.6 Å². The molecule has 0 aromatic rings. The Bertz CT molecular complexity index is 272. The SMILES string of the molecule is CC(C)(C)[Si](C)(C)OCCOCCOCCOCCOCCCl. The molecule has 0 atom stereocenters. The van der Waals surface area contributed by atoms with Crippen LogP contribution in [0.2, 0.25) is 18.1 Å². The molecule has 0 fully saturated rings.